The van der Waals surface area contributed by atoms with Crippen molar-refractivity contribution in [2.75, 3.05) is 0 Å². The number of rotatable bonds is 1. The summed E-state index contributed by atoms with van der Waals surface area (Å²) in [5, 5.41) is 3.18. The van der Waals surface area contributed by atoms with Gasteiger partial charge in [0, 0.05) is 17.3 Å². The van der Waals surface area contributed by atoms with Gasteiger partial charge in [-0.2, -0.15) is 0 Å². The largest absolute Gasteiger partial charge is 0.353 e. The van der Waals surface area contributed by atoms with Crippen molar-refractivity contribution in [3.8, 4) is 0 Å². The van der Waals surface area contributed by atoms with Gasteiger partial charge in [0.2, 0.25) is 5.91 Å². The molecule has 1 amide bonds. The van der Waals surface area contributed by atoms with Crippen molar-refractivity contribution in [1.29, 1.82) is 0 Å². The summed E-state index contributed by atoms with van der Waals surface area (Å²) in [7, 11) is 0. The summed E-state index contributed by atoms with van der Waals surface area (Å²) in [5.74, 6) is 1.20. The average molecular weight is 308 g/mol. The van der Waals surface area contributed by atoms with Gasteiger partial charge in [0.15, 0.2) is 0 Å². The van der Waals surface area contributed by atoms with Crippen LogP contribution in [-0.2, 0) is 4.79 Å². The Morgan fingerprint density at radius 2 is 1.94 bits per heavy atom. The van der Waals surface area contributed by atoms with E-state index in [0.717, 1.165) is 6.42 Å². The number of carbonyl (C=O) groups excluding carboxylic acids is 1. The zero-order chi connectivity index (χ0) is 12.5. The molecule has 4 atom stereocenters. The molecule has 96 valence electrons. The highest BCUT2D eigenvalue weighted by atomic mass is 79.9. The lowest BCUT2D eigenvalue weighted by atomic mass is 9.70. The molecule has 1 aromatic rings. The molecule has 1 N–H and O–H groups in total. The number of carbonyl (C=O) groups is 1. The van der Waals surface area contributed by atoms with E-state index in [0.29, 0.717) is 29.1 Å². The molecule has 1 saturated carbocycles. The zero-order valence-corrected chi connectivity index (χ0v) is 11.9. The van der Waals surface area contributed by atoms with Gasteiger partial charge in [-0.05, 0) is 36.7 Å². The molecule has 0 radical (unpaired) electrons. The number of benzene rings is 1. The number of amides is 1. The molecule has 4 unspecified atom stereocenters. The van der Waals surface area contributed by atoms with Crippen molar-refractivity contribution >= 4 is 21.8 Å². The molecule has 1 saturated heterocycles. The molecule has 1 aromatic carbocycles. The average Bonchev–Trinajstić information content (AvgIpc) is 2.39. The van der Waals surface area contributed by atoms with E-state index in [9.17, 15) is 4.79 Å². The molecule has 1 aliphatic heterocycles. The summed E-state index contributed by atoms with van der Waals surface area (Å²) in [4.78, 5) is 12.5. The number of nitrogens with one attached hydrogen (secondary N) is 1. The normalized spacial score (nSPS) is 35.7. The van der Waals surface area contributed by atoms with E-state index >= 15 is 0 Å². The van der Waals surface area contributed by atoms with Crippen molar-refractivity contribution in [2.24, 2.45) is 5.92 Å². The van der Waals surface area contributed by atoms with E-state index < -0.39 is 0 Å². The second-order valence-corrected chi connectivity index (χ2v) is 6.76. The molecule has 18 heavy (non-hydrogen) atoms. The molecule has 2 aliphatic rings. The Bertz CT molecular complexity index is 433. The monoisotopic (exact) mass is 307 g/mol. The van der Waals surface area contributed by atoms with Crippen LogP contribution in [0.5, 0.6) is 0 Å². The summed E-state index contributed by atoms with van der Waals surface area (Å²) in [6.07, 6.45) is 4.09. The van der Waals surface area contributed by atoms with Gasteiger partial charge in [-0.25, -0.2) is 0 Å². The molecule has 2 nitrogen and oxygen atoms in total. The summed E-state index contributed by atoms with van der Waals surface area (Å²) >= 11 is 3.75. The first kappa shape index (κ1) is 12.2. The highest BCUT2D eigenvalue weighted by Crippen LogP contribution is 2.42. The molecule has 0 spiro atoms. The van der Waals surface area contributed by atoms with Crippen molar-refractivity contribution < 1.29 is 4.79 Å². The van der Waals surface area contributed by atoms with Crippen LogP contribution < -0.4 is 5.32 Å². The summed E-state index contributed by atoms with van der Waals surface area (Å²) in [5.41, 5.74) is 1.32. The van der Waals surface area contributed by atoms with E-state index in [2.05, 4.69) is 45.5 Å². The Morgan fingerprint density at radius 1 is 1.17 bits per heavy atom. The Morgan fingerprint density at radius 3 is 2.72 bits per heavy atom. The van der Waals surface area contributed by atoms with Gasteiger partial charge in [0.05, 0.1) is 0 Å². The molecule has 2 fully saturated rings. The standard InChI is InChI=1S/C15H18BrNO/c16-11-6-7-14-13(8-11)12(9-15(18)17-14)10-4-2-1-3-5-10/h1-5,11-14H,6-9H2,(H,17,18). The number of hydrogen-bond acceptors (Lipinski definition) is 1. The fourth-order valence-corrected chi connectivity index (χ4v) is 4.15. The lowest BCUT2D eigenvalue weighted by Gasteiger charge is -2.43. The predicted octanol–water partition coefficient (Wildman–Crippen LogP) is 3.22. The zero-order valence-electron chi connectivity index (χ0n) is 10.3. The minimum absolute atomic E-state index is 0.220. The topological polar surface area (TPSA) is 29.1 Å². The molecule has 0 aromatic heterocycles. The third-order valence-electron chi connectivity index (χ3n) is 4.33. The van der Waals surface area contributed by atoms with Crippen molar-refractivity contribution in [3.05, 3.63) is 35.9 Å². The SMILES string of the molecule is O=C1CC(c2ccccc2)C2CC(Br)CCC2N1. The minimum Gasteiger partial charge on any atom is -0.353 e. The van der Waals surface area contributed by atoms with E-state index in [-0.39, 0.29) is 5.91 Å². The Balaban J connectivity index is 1.88. The third-order valence-corrected chi connectivity index (χ3v) is 5.16. The van der Waals surface area contributed by atoms with Crippen LogP contribution in [-0.4, -0.2) is 16.8 Å². The lowest BCUT2D eigenvalue weighted by Crippen LogP contribution is -2.51. The molecular weight excluding hydrogens is 290 g/mol. The van der Waals surface area contributed by atoms with Crippen LogP contribution >= 0.6 is 15.9 Å². The molecular formula is C15H18BrNO. The predicted molar refractivity (Wildman–Crippen MR) is 75.8 cm³/mol. The van der Waals surface area contributed by atoms with E-state index in [1.807, 2.05) is 6.07 Å². The molecule has 3 heteroatoms. The second-order valence-electron chi connectivity index (χ2n) is 5.47. The van der Waals surface area contributed by atoms with Gasteiger partial charge in [-0.15, -0.1) is 0 Å². The fraction of sp³-hybridized carbons (Fsp3) is 0.533. The van der Waals surface area contributed by atoms with Crippen molar-refractivity contribution in [1.82, 2.24) is 5.32 Å². The highest BCUT2D eigenvalue weighted by molar-refractivity contribution is 9.09. The molecule has 0 bridgehead atoms. The van der Waals surface area contributed by atoms with Gasteiger partial charge in [0.25, 0.3) is 0 Å². The van der Waals surface area contributed by atoms with Crippen LogP contribution in [0.25, 0.3) is 0 Å². The number of hydrogen-bond donors (Lipinski definition) is 1. The first-order chi connectivity index (χ1) is 8.74. The van der Waals surface area contributed by atoms with E-state index in [4.69, 9.17) is 0 Å². The lowest BCUT2D eigenvalue weighted by molar-refractivity contribution is -0.125. The highest BCUT2D eigenvalue weighted by Gasteiger charge is 2.40. The van der Waals surface area contributed by atoms with Crippen LogP contribution in [0.3, 0.4) is 0 Å². The molecule has 1 heterocycles. The number of alkyl halides is 1. The van der Waals surface area contributed by atoms with Gasteiger partial charge >= 0.3 is 0 Å². The second kappa shape index (κ2) is 5.04. The number of halogens is 1. The number of piperidine rings is 1. The van der Waals surface area contributed by atoms with Crippen molar-refractivity contribution in [2.45, 2.75) is 42.5 Å². The van der Waals surface area contributed by atoms with Gasteiger partial charge < -0.3 is 5.32 Å². The van der Waals surface area contributed by atoms with Gasteiger partial charge in [-0.3, -0.25) is 4.79 Å². The van der Waals surface area contributed by atoms with Crippen molar-refractivity contribution in [3.63, 3.8) is 0 Å². The minimum atomic E-state index is 0.220. The van der Waals surface area contributed by atoms with Gasteiger partial charge in [0.1, 0.15) is 0 Å². The van der Waals surface area contributed by atoms with Crippen LogP contribution in [0, 0.1) is 5.92 Å². The smallest absolute Gasteiger partial charge is 0.220 e. The maximum Gasteiger partial charge on any atom is 0.220 e. The summed E-state index contributed by atoms with van der Waals surface area (Å²) in [6.45, 7) is 0. The first-order valence-corrected chi connectivity index (χ1v) is 7.64. The summed E-state index contributed by atoms with van der Waals surface area (Å²) < 4.78 is 0. The Kier molecular flexibility index (Phi) is 3.42. The van der Waals surface area contributed by atoms with Crippen LogP contribution in [0.4, 0.5) is 0 Å². The van der Waals surface area contributed by atoms with Crippen LogP contribution in [0.1, 0.15) is 37.2 Å². The Hall–Kier alpha value is -0.830. The Labute approximate surface area is 116 Å². The summed E-state index contributed by atoms with van der Waals surface area (Å²) in [6, 6.07) is 10.9. The van der Waals surface area contributed by atoms with Gasteiger partial charge in [-0.1, -0.05) is 46.3 Å². The maximum absolute atomic E-state index is 11.9. The quantitative estimate of drug-likeness (QED) is 0.793. The van der Waals surface area contributed by atoms with E-state index in [1.54, 1.807) is 0 Å². The maximum atomic E-state index is 11.9. The first-order valence-electron chi connectivity index (χ1n) is 6.72. The third kappa shape index (κ3) is 2.33. The molecule has 1 aliphatic carbocycles. The fourth-order valence-electron chi connectivity index (χ4n) is 3.46. The van der Waals surface area contributed by atoms with Crippen LogP contribution in [0.15, 0.2) is 30.3 Å². The number of fused-ring (bicyclic) bond motifs is 1. The molecule has 3 rings (SSSR count). The van der Waals surface area contributed by atoms with E-state index in [1.165, 1.54) is 18.4 Å². The van der Waals surface area contributed by atoms with Crippen LogP contribution in [0.2, 0.25) is 0 Å².